The Labute approximate surface area is 113 Å². The van der Waals surface area contributed by atoms with Crippen molar-refractivity contribution in [1.29, 1.82) is 0 Å². The highest BCUT2D eigenvalue weighted by molar-refractivity contribution is 9.11. The smallest absolute Gasteiger partial charge is 0.223 e. The molecule has 0 saturated carbocycles. The second kappa shape index (κ2) is 5.31. The molecule has 1 N–H and O–H groups in total. The molecular weight excluding hydrogens is 328 g/mol. The average Bonchev–Trinajstić information content (AvgIpc) is 2.76. The fraction of sp³-hybridized carbons (Fsp3) is 0.111. The standard InChI is InChI=1S/C9H7BrN2OS3/c1-5(13)12-9-11-4-8(16-9)15-7-3-2-6(10)14-7/h2-4H,1H3,(H,11,12,13). The summed E-state index contributed by atoms with van der Waals surface area (Å²) in [5, 5.41) is 3.31. The number of anilines is 1. The lowest BCUT2D eigenvalue weighted by Crippen LogP contribution is -2.04. The molecule has 0 spiro atoms. The van der Waals surface area contributed by atoms with Crippen molar-refractivity contribution in [2.24, 2.45) is 0 Å². The van der Waals surface area contributed by atoms with E-state index in [9.17, 15) is 4.79 Å². The Morgan fingerprint density at radius 1 is 1.44 bits per heavy atom. The van der Waals surface area contributed by atoms with Gasteiger partial charge in [-0.1, -0.05) is 23.1 Å². The zero-order valence-electron chi connectivity index (χ0n) is 8.19. The first kappa shape index (κ1) is 12.1. The third-order valence-corrected chi connectivity index (χ3v) is 5.29. The van der Waals surface area contributed by atoms with E-state index in [0.717, 1.165) is 8.00 Å². The van der Waals surface area contributed by atoms with Crippen LogP contribution in [0.5, 0.6) is 0 Å². The first-order valence-electron chi connectivity index (χ1n) is 4.30. The van der Waals surface area contributed by atoms with Crippen molar-refractivity contribution in [1.82, 2.24) is 4.98 Å². The normalized spacial score (nSPS) is 10.4. The van der Waals surface area contributed by atoms with Crippen LogP contribution in [0, 0.1) is 0 Å². The molecule has 1 amide bonds. The molecule has 2 aromatic heterocycles. The average molecular weight is 335 g/mol. The van der Waals surface area contributed by atoms with Crippen LogP contribution in [-0.4, -0.2) is 10.9 Å². The number of hydrogen-bond donors (Lipinski definition) is 1. The van der Waals surface area contributed by atoms with Crippen LogP contribution in [0.1, 0.15) is 6.92 Å². The predicted octanol–water partition coefficient (Wildman–Crippen LogP) is 4.08. The van der Waals surface area contributed by atoms with E-state index in [1.54, 1.807) is 29.3 Å². The Morgan fingerprint density at radius 2 is 2.25 bits per heavy atom. The summed E-state index contributed by atoms with van der Waals surface area (Å²) in [4.78, 5) is 14.9. The van der Waals surface area contributed by atoms with E-state index < -0.39 is 0 Å². The van der Waals surface area contributed by atoms with Crippen LogP contribution in [0.3, 0.4) is 0 Å². The van der Waals surface area contributed by atoms with Gasteiger partial charge >= 0.3 is 0 Å². The molecule has 0 aliphatic rings. The number of rotatable bonds is 3. The summed E-state index contributed by atoms with van der Waals surface area (Å²) < 4.78 is 3.38. The largest absolute Gasteiger partial charge is 0.302 e. The maximum absolute atomic E-state index is 10.8. The van der Waals surface area contributed by atoms with Gasteiger partial charge in [-0.25, -0.2) is 4.98 Å². The monoisotopic (exact) mass is 334 g/mol. The van der Waals surface area contributed by atoms with Gasteiger partial charge < -0.3 is 5.32 Å². The third-order valence-electron chi connectivity index (χ3n) is 1.52. The van der Waals surface area contributed by atoms with E-state index in [1.165, 1.54) is 22.5 Å². The lowest BCUT2D eigenvalue weighted by atomic mass is 10.7. The maximum atomic E-state index is 10.8. The predicted molar refractivity (Wildman–Crippen MR) is 72.6 cm³/mol. The maximum Gasteiger partial charge on any atom is 0.223 e. The van der Waals surface area contributed by atoms with Gasteiger partial charge in [0.05, 0.1) is 18.4 Å². The van der Waals surface area contributed by atoms with E-state index in [0.29, 0.717) is 5.13 Å². The van der Waals surface area contributed by atoms with Crippen LogP contribution in [-0.2, 0) is 4.79 Å². The van der Waals surface area contributed by atoms with E-state index in [-0.39, 0.29) is 5.91 Å². The summed E-state index contributed by atoms with van der Waals surface area (Å²) in [5.41, 5.74) is 0. The molecule has 0 radical (unpaired) electrons. The lowest BCUT2D eigenvalue weighted by Gasteiger charge is -1.93. The second-order valence-electron chi connectivity index (χ2n) is 2.83. The quantitative estimate of drug-likeness (QED) is 0.919. The van der Waals surface area contributed by atoms with E-state index in [4.69, 9.17) is 0 Å². The molecule has 16 heavy (non-hydrogen) atoms. The van der Waals surface area contributed by atoms with Crippen molar-refractivity contribution in [3.05, 3.63) is 22.1 Å². The Balaban J connectivity index is 2.05. The van der Waals surface area contributed by atoms with Gasteiger partial charge in [-0.2, -0.15) is 0 Å². The summed E-state index contributed by atoms with van der Waals surface area (Å²) in [7, 11) is 0. The lowest BCUT2D eigenvalue weighted by molar-refractivity contribution is -0.114. The van der Waals surface area contributed by atoms with E-state index in [2.05, 4.69) is 32.3 Å². The third kappa shape index (κ3) is 3.31. The van der Waals surface area contributed by atoms with Crippen molar-refractivity contribution in [3.8, 4) is 0 Å². The number of carbonyl (C=O) groups is 1. The molecule has 2 heterocycles. The number of aromatic nitrogens is 1. The van der Waals surface area contributed by atoms with Crippen LogP contribution >= 0.6 is 50.4 Å². The number of nitrogens with one attached hydrogen (secondary N) is 1. The topological polar surface area (TPSA) is 42.0 Å². The molecular formula is C9H7BrN2OS3. The highest BCUT2D eigenvalue weighted by Gasteiger charge is 2.06. The molecule has 84 valence electrons. The highest BCUT2D eigenvalue weighted by atomic mass is 79.9. The molecule has 0 aromatic carbocycles. The van der Waals surface area contributed by atoms with Crippen LogP contribution in [0.25, 0.3) is 0 Å². The fourth-order valence-corrected chi connectivity index (χ4v) is 4.98. The Kier molecular flexibility index (Phi) is 4.01. The van der Waals surface area contributed by atoms with Gasteiger partial charge in [0.2, 0.25) is 5.91 Å². The molecule has 0 atom stereocenters. The zero-order chi connectivity index (χ0) is 11.5. The van der Waals surface area contributed by atoms with Crippen molar-refractivity contribution < 1.29 is 4.79 Å². The summed E-state index contributed by atoms with van der Waals surface area (Å²) in [5.74, 6) is -0.0928. The summed E-state index contributed by atoms with van der Waals surface area (Å²) >= 11 is 8.22. The molecule has 2 rings (SSSR count). The van der Waals surface area contributed by atoms with Gasteiger partial charge in [-0.05, 0) is 28.1 Å². The molecule has 2 aromatic rings. The number of amides is 1. The minimum Gasteiger partial charge on any atom is -0.302 e. The van der Waals surface area contributed by atoms with Gasteiger partial charge in [0.15, 0.2) is 5.13 Å². The second-order valence-corrected chi connectivity index (χ2v) is 7.92. The number of halogens is 1. The SMILES string of the molecule is CC(=O)Nc1ncc(Sc2ccc(Br)s2)s1. The van der Waals surface area contributed by atoms with E-state index in [1.807, 2.05) is 6.07 Å². The van der Waals surface area contributed by atoms with Gasteiger partial charge in [-0.15, -0.1) is 11.3 Å². The number of thiazole rings is 1. The molecule has 0 fully saturated rings. The molecule has 0 bridgehead atoms. The first-order chi connectivity index (χ1) is 7.63. The zero-order valence-corrected chi connectivity index (χ0v) is 12.2. The molecule has 0 aliphatic heterocycles. The highest BCUT2D eigenvalue weighted by Crippen LogP contribution is 2.38. The van der Waals surface area contributed by atoms with Crippen LogP contribution in [0.2, 0.25) is 0 Å². The van der Waals surface area contributed by atoms with Crippen LogP contribution in [0.4, 0.5) is 5.13 Å². The molecule has 0 aliphatic carbocycles. The molecule has 3 nitrogen and oxygen atoms in total. The molecule has 0 saturated heterocycles. The van der Waals surface area contributed by atoms with Gasteiger partial charge in [0.1, 0.15) is 0 Å². The number of carbonyl (C=O) groups excluding carboxylic acids is 1. The van der Waals surface area contributed by atoms with E-state index >= 15 is 0 Å². The first-order valence-corrected chi connectivity index (χ1v) is 7.54. The van der Waals surface area contributed by atoms with Crippen molar-refractivity contribution in [2.45, 2.75) is 15.3 Å². The van der Waals surface area contributed by atoms with Crippen LogP contribution in [0.15, 0.2) is 30.5 Å². The summed E-state index contributed by atoms with van der Waals surface area (Å²) in [6.07, 6.45) is 1.77. The van der Waals surface area contributed by atoms with Crippen LogP contribution < -0.4 is 5.32 Å². The van der Waals surface area contributed by atoms with Crippen molar-refractivity contribution in [3.63, 3.8) is 0 Å². The molecule has 7 heteroatoms. The van der Waals surface area contributed by atoms with Crippen molar-refractivity contribution in [2.75, 3.05) is 5.32 Å². The minimum absolute atomic E-state index is 0.0928. The van der Waals surface area contributed by atoms with Gasteiger partial charge in [-0.3, -0.25) is 4.79 Å². The van der Waals surface area contributed by atoms with Crippen molar-refractivity contribution >= 4 is 61.4 Å². The van der Waals surface area contributed by atoms with Gasteiger partial charge in [0, 0.05) is 6.92 Å². The number of nitrogens with zero attached hydrogens (tertiary/aromatic N) is 1. The fourth-order valence-electron chi connectivity index (χ4n) is 0.967. The Morgan fingerprint density at radius 3 is 2.88 bits per heavy atom. The number of thiophene rings is 1. The number of hydrogen-bond acceptors (Lipinski definition) is 5. The van der Waals surface area contributed by atoms with Gasteiger partial charge in [0.25, 0.3) is 0 Å². The summed E-state index contributed by atoms with van der Waals surface area (Å²) in [6, 6.07) is 4.07. The summed E-state index contributed by atoms with van der Waals surface area (Å²) in [6.45, 7) is 1.48. The Bertz CT molecular complexity index is 508. The molecule has 0 unspecified atom stereocenters. The Hall–Kier alpha value is -0.370. The minimum atomic E-state index is -0.0928.